The van der Waals surface area contributed by atoms with Crippen LogP contribution in [0.3, 0.4) is 0 Å². The maximum absolute atomic E-state index is 13.6. The third kappa shape index (κ3) is 4.85. The molecule has 0 amide bonds. The summed E-state index contributed by atoms with van der Waals surface area (Å²) in [4.78, 5) is 10.5. The van der Waals surface area contributed by atoms with Gasteiger partial charge < -0.3 is 20.3 Å². The number of hydrogen-bond donors (Lipinski definition) is 3. The molecule has 1 aromatic rings. The SMILES string of the molecule is CCNC(=NCCC(O)(c1nccn1C)C(F)(F)F)NC1CC(C)N(C2CC2)C1. The van der Waals surface area contributed by atoms with Gasteiger partial charge in [0.2, 0.25) is 5.60 Å². The molecule has 0 radical (unpaired) electrons. The Balaban J connectivity index is 1.65. The van der Waals surface area contributed by atoms with Crippen LogP contribution in [0.1, 0.15) is 45.4 Å². The number of aliphatic hydroxyl groups is 1. The predicted octanol–water partition coefficient (Wildman–Crippen LogP) is 1.74. The number of aryl methyl sites for hydroxylation is 1. The van der Waals surface area contributed by atoms with Crippen molar-refractivity contribution in [3.05, 3.63) is 18.2 Å². The Labute approximate surface area is 169 Å². The van der Waals surface area contributed by atoms with E-state index in [0.29, 0.717) is 24.6 Å². The summed E-state index contributed by atoms with van der Waals surface area (Å²) < 4.78 is 42.1. The molecule has 2 aliphatic rings. The van der Waals surface area contributed by atoms with E-state index in [1.807, 2.05) is 6.92 Å². The summed E-state index contributed by atoms with van der Waals surface area (Å²) in [5, 5.41) is 16.9. The number of nitrogens with one attached hydrogen (secondary N) is 2. The molecule has 2 heterocycles. The highest BCUT2D eigenvalue weighted by molar-refractivity contribution is 5.80. The van der Waals surface area contributed by atoms with E-state index in [1.54, 1.807) is 0 Å². The Morgan fingerprint density at radius 2 is 2.10 bits per heavy atom. The van der Waals surface area contributed by atoms with Crippen molar-refractivity contribution in [2.24, 2.45) is 12.0 Å². The number of likely N-dealkylation sites (tertiary alicyclic amines) is 1. The van der Waals surface area contributed by atoms with Crippen molar-refractivity contribution in [2.75, 3.05) is 19.6 Å². The number of imidazole rings is 1. The first-order chi connectivity index (χ1) is 13.7. The number of aliphatic imine (C=N–C) groups is 1. The van der Waals surface area contributed by atoms with E-state index in [9.17, 15) is 18.3 Å². The molecular formula is C19H31F3N6O. The number of hydrogen-bond acceptors (Lipinski definition) is 4. The average Bonchev–Trinajstić information content (AvgIpc) is 3.28. The average molecular weight is 416 g/mol. The zero-order chi connectivity index (χ0) is 21.2. The standard InChI is InChI=1S/C19H31F3N6O/c1-4-23-17(26-14-11-13(2)28(12-14)15-5-6-15)25-8-7-18(29,19(20,21)22)16-24-9-10-27(16)3/h9-10,13-15,29H,4-8,11-12H2,1-3H3,(H2,23,25,26). The topological polar surface area (TPSA) is 77.7 Å². The molecule has 7 nitrogen and oxygen atoms in total. The van der Waals surface area contributed by atoms with Gasteiger partial charge in [-0.05, 0) is 33.1 Å². The molecule has 1 saturated carbocycles. The number of guanidine groups is 1. The predicted molar refractivity (Wildman–Crippen MR) is 104 cm³/mol. The van der Waals surface area contributed by atoms with Crippen LogP contribution in [0.2, 0.25) is 0 Å². The second-order valence-corrected chi connectivity index (χ2v) is 8.08. The molecule has 3 unspecified atom stereocenters. The molecule has 1 aliphatic carbocycles. The van der Waals surface area contributed by atoms with Gasteiger partial charge in [-0.15, -0.1) is 0 Å². The van der Waals surface area contributed by atoms with Gasteiger partial charge in [0.05, 0.1) is 0 Å². The molecule has 1 saturated heterocycles. The van der Waals surface area contributed by atoms with Crippen LogP contribution in [0.25, 0.3) is 0 Å². The van der Waals surface area contributed by atoms with Crippen molar-refractivity contribution in [3.63, 3.8) is 0 Å². The van der Waals surface area contributed by atoms with Gasteiger partial charge in [-0.1, -0.05) is 0 Å². The molecule has 0 spiro atoms. The molecule has 1 aromatic heterocycles. The van der Waals surface area contributed by atoms with Crippen LogP contribution in [-0.4, -0.2) is 69.5 Å². The van der Waals surface area contributed by atoms with Gasteiger partial charge in [-0.3, -0.25) is 9.89 Å². The maximum atomic E-state index is 13.6. The van der Waals surface area contributed by atoms with Crippen LogP contribution in [-0.2, 0) is 12.6 Å². The fourth-order valence-corrected chi connectivity index (χ4v) is 4.06. The normalized spacial score (nSPS) is 25.8. The molecule has 29 heavy (non-hydrogen) atoms. The summed E-state index contributed by atoms with van der Waals surface area (Å²) in [6.07, 6.45) is 0.636. The Bertz CT molecular complexity index is 717. The lowest BCUT2D eigenvalue weighted by Crippen LogP contribution is -2.46. The van der Waals surface area contributed by atoms with Crippen molar-refractivity contribution in [2.45, 2.75) is 69.4 Å². The summed E-state index contributed by atoms with van der Waals surface area (Å²) in [5.74, 6) is 0.0505. The zero-order valence-electron chi connectivity index (χ0n) is 17.2. The first-order valence-electron chi connectivity index (χ1n) is 10.2. The number of alkyl halides is 3. The molecule has 164 valence electrons. The summed E-state index contributed by atoms with van der Waals surface area (Å²) in [6.45, 7) is 5.44. The van der Waals surface area contributed by atoms with E-state index in [4.69, 9.17) is 0 Å². The number of halogens is 3. The summed E-state index contributed by atoms with van der Waals surface area (Å²) in [5.41, 5.74) is -3.04. The fourth-order valence-electron chi connectivity index (χ4n) is 4.06. The second kappa shape index (κ2) is 8.51. The minimum Gasteiger partial charge on any atom is -0.374 e. The monoisotopic (exact) mass is 416 g/mol. The zero-order valence-corrected chi connectivity index (χ0v) is 17.2. The van der Waals surface area contributed by atoms with Crippen LogP contribution in [0, 0.1) is 0 Å². The molecular weight excluding hydrogens is 385 g/mol. The summed E-state index contributed by atoms with van der Waals surface area (Å²) in [7, 11) is 1.43. The Kier molecular flexibility index (Phi) is 6.42. The van der Waals surface area contributed by atoms with Crippen molar-refractivity contribution in [1.82, 2.24) is 25.1 Å². The minimum atomic E-state index is -4.85. The first kappa shape index (κ1) is 21.9. The van der Waals surface area contributed by atoms with Gasteiger partial charge in [-0.25, -0.2) is 4.98 Å². The van der Waals surface area contributed by atoms with Gasteiger partial charge in [0, 0.05) is 63.6 Å². The Morgan fingerprint density at radius 3 is 2.66 bits per heavy atom. The highest BCUT2D eigenvalue weighted by Gasteiger charge is 2.57. The quantitative estimate of drug-likeness (QED) is 0.466. The van der Waals surface area contributed by atoms with Gasteiger partial charge in [0.1, 0.15) is 5.82 Å². The number of rotatable bonds is 7. The summed E-state index contributed by atoms with van der Waals surface area (Å²) in [6, 6.07) is 1.37. The van der Waals surface area contributed by atoms with E-state index in [-0.39, 0.29) is 12.6 Å². The van der Waals surface area contributed by atoms with E-state index in [2.05, 4.69) is 32.4 Å². The van der Waals surface area contributed by atoms with Crippen LogP contribution < -0.4 is 10.6 Å². The Morgan fingerprint density at radius 1 is 1.38 bits per heavy atom. The van der Waals surface area contributed by atoms with Crippen LogP contribution in [0.5, 0.6) is 0 Å². The molecule has 0 aromatic carbocycles. The van der Waals surface area contributed by atoms with Crippen LogP contribution >= 0.6 is 0 Å². The van der Waals surface area contributed by atoms with E-state index in [0.717, 1.165) is 13.0 Å². The second-order valence-electron chi connectivity index (χ2n) is 8.08. The first-order valence-corrected chi connectivity index (χ1v) is 10.2. The van der Waals surface area contributed by atoms with E-state index >= 15 is 0 Å². The van der Waals surface area contributed by atoms with Crippen molar-refractivity contribution < 1.29 is 18.3 Å². The lowest BCUT2D eigenvalue weighted by Gasteiger charge is -2.29. The smallest absolute Gasteiger partial charge is 0.374 e. The maximum Gasteiger partial charge on any atom is 0.424 e. The molecule has 3 atom stereocenters. The number of aromatic nitrogens is 2. The largest absolute Gasteiger partial charge is 0.424 e. The third-order valence-electron chi connectivity index (χ3n) is 5.73. The van der Waals surface area contributed by atoms with Gasteiger partial charge in [-0.2, -0.15) is 13.2 Å². The third-order valence-corrected chi connectivity index (χ3v) is 5.73. The number of nitrogens with zero attached hydrogens (tertiary/aromatic N) is 4. The highest BCUT2D eigenvalue weighted by atomic mass is 19.4. The molecule has 1 aliphatic heterocycles. The minimum absolute atomic E-state index is 0.188. The van der Waals surface area contributed by atoms with Gasteiger partial charge in [0.25, 0.3) is 0 Å². The van der Waals surface area contributed by atoms with E-state index in [1.165, 1.54) is 36.9 Å². The van der Waals surface area contributed by atoms with Crippen LogP contribution in [0.4, 0.5) is 13.2 Å². The molecule has 2 fully saturated rings. The van der Waals surface area contributed by atoms with Crippen molar-refractivity contribution >= 4 is 5.96 Å². The van der Waals surface area contributed by atoms with Gasteiger partial charge in [0.15, 0.2) is 5.96 Å². The van der Waals surface area contributed by atoms with Gasteiger partial charge >= 0.3 is 6.18 Å². The van der Waals surface area contributed by atoms with E-state index < -0.39 is 24.0 Å². The molecule has 3 N–H and O–H groups in total. The fraction of sp³-hybridized carbons (Fsp3) is 0.789. The molecule has 0 bridgehead atoms. The Hall–Kier alpha value is -1.81. The lowest BCUT2D eigenvalue weighted by molar-refractivity contribution is -0.272. The molecule has 3 rings (SSSR count). The van der Waals surface area contributed by atoms with Crippen molar-refractivity contribution in [3.8, 4) is 0 Å². The lowest BCUT2D eigenvalue weighted by atomic mass is 9.98. The molecule has 10 heteroatoms. The van der Waals surface area contributed by atoms with Crippen LogP contribution in [0.15, 0.2) is 17.4 Å². The summed E-state index contributed by atoms with van der Waals surface area (Å²) >= 11 is 0. The highest BCUT2D eigenvalue weighted by Crippen LogP contribution is 2.40. The van der Waals surface area contributed by atoms with Crippen molar-refractivity contribution in [1.29, 1.82) is 0 Å².